The van der Waals surface area contributed by atoms with Crippen LogP contribution in [0.15, 0.2) is 23.4 Å². The van der Waals surface area contributed by atoms with E-state index >= 15 is 0 Å². The summed E-state index contributed by atoms with van der Waals surface area (Å²) in [7, 11) is 3.75. The molecule has 1 unspecified atom stereocenters. The van der Waals surface area contributed by atoms with Crippen LogP contribution in [0.25, 0.3) is 11.0 Å². The number of hydrogen-bond donors (Lipinski definition) is 0. The average Bonchev–Trinajstić information content (AvgIpc) is 2.81. The van der Waals surface area contributed by atoms with Crippen LogP contribution >= 0.6 is 0 Å². The third-order valence-corrected chi connectivity index (χ3v) is 3.48. The molecule has 1 saturated heterocycles. The summed E-state index contributed by atoms with van der Waals surface area (Å²) in [5.74, 6) is 0.380. The molecule has 1 atom stereocenters. The molecule has 1 aliphatic heterocycles. The van der Waals surface area contributed by atoms with Gasteiger partial charge in [0, 0.05) is 31.7 Å². The maximum atomic E-state index is 12.2. The minimum absolute atomic E-state index is 0.0831. The van der Waals surface area contributed by atoms with E-state index in [0.717, 1.165) is 24.9 Å². The minimum atomic E-state index is -0.152. The number of aromatic nitrogens is 3. The summed E-state index contributed by atoms with van der Waals surface area (Å²) in [5, 5.41) is 0.811. The van der Waals surface area contributed by atoms with Crippen molar-refractivity contribution in [3.63, 3.8) is 0 Å². The first-order chi connectivity index (χ1) is 9.15. The van der Waals surface area contributed by atoms with Crippen molar-refractivity contribution >= 4 is 11.0 Å². The van der Waals surface area contributed by atoms with Gasteiger partial charge in [0.2, 0.25) is 0 Å². The summed E-state index contributed by atoms with van der Waals surface area (Å²) in [4.78, 5) is 22.5. The quantitative estimate of drug-likeness (QED) is 0.782. The summed E-state index contributed by atoms with van der Waals surface area (Å²) in [5.41, 5.74) is 0.469. The number of hydrogen-bond acceptors (Lipinski definition) is 5. The zero-order chi connectivity index (χ0) is 13.4. The number of likely N-dealkylation sites (N-methyl/N-ethyl adjacent to an activating group) is 1. The molecule has 6 heteroatoms. The summed E-state index contributed by atoms with van der Waals surface area (Å²) in [6.07, 6.45) is 4.16. The molecule has 6 nitrogen and oxygen atoms in total. The summed E-state index contributed by atoms with van der Waals surface area (Å²) in [6.45, 7) is 1.86. The molecule has 2 aromatic rings. The van der Waals surface area contributed by atoms with Crippen molar-refractivity contribution < 1.29 is 4.74 Å². The lowest BCUT2D eigenvalue weighted by Crippen LogP contribution is -2.27. The van der Waals surface area contributed by atoms with Crippen LogP contribution in [0.3, 0.4) is 0 Å². The molecule has 3 heterocycles. The molecule has 2 aromatic heterocycles. The van der Waals surface area contributed by atoms with Gasteiger partial charge in [-0.05, 0) is 19.5 Å². The number of rotatable bonds is 2. The van der Waals surface area contributed by atoms with E-state index in [1.807, 2.05) is 0 Å². The first-order valence-corrected chi connectivity index (χ1v) is 6.30. The Labute approximate surface area is 110 Å². The number of aryl methyl sites for hydroxylation is 1. The van der Waals surface area contributed by atoms with Crippen LogP contribution in [0.1, 0.15) is 6.42 Å². The van der Waals surface area contributed by atoms with E-state index in [4.69, 9.17) is 4.74 Å². The van der Waals surface area contributed by atoms with Gasteiger partial charge in [-0.1, -0.05) is 0 Å². The predicted molar refractivity (Wildman–Crippen MR) is 71.3 cm³/mol. The Bertz CT molecular complexity index is 667. The molecule has 0 aliphatic carbocycles. The summed E-state index contributed by atoms with van der Waals surface area (Å²) in [6, 6.07) is 1.73. The fourth-order valence-electron chi connectivity index (χ4n) is 2.44. The third-order valence-electron chi connectivity index (χ3n) is 3.48. The van der Waals surface area contributed by atoms with Gasteiger partial charge in [-0.15, -0.1) is 0 Å². The van der Waals surface area contributed by atoms with Crippen LogP contribution in [0.4, 0.5) is 0 Å². The van der Waals surface area contributed by atoms with Crippen molar-refractivity contribution in [2.75, 3.05) is 20.1 Å². The van der Waals surface area contributed by atoms with E-state index in [9.17, 15) is 4.79 Å². The molecule has 1 fully saturated rings. The van der Waals surface area contributed by atoms with Gasteiger partial charge in [0.1, 0.15) is 18.1 Å². The Hall–Kier alpha value is -1.95. The van der Waals surface area contributed by atoms with Crippen molar-refractivity contribution in [1.29, 1.82) is 0 Å². The standard InChI is InChI=1S/C13H16N4O2/c1-16-4-3-10(7-16)19-11-5-9-6-14-8-15-12(9)17(2)13(11)18/h5-6,8,10H,3-4,7H2,1-2H3. The number of likely N-dealkylation sites (tertiary alicyclic amines) is 1. The minimum Gasteiger partial charge on any atom is -0.483 e. The van der Waals surface area contributed by atoms with E-state index < -0.39 is 0 Å². The molecule has 1 aliphatic rings. The van der Waals surface area contributed by atoms with Crippen molar-refractivity contribution in [1.82, 2.24) is 19.4 Å². The van der Waals surface area contributed by atoms with Crippen molar-refractivity contribution in [3.05, 3.63) is 28.9 Å². The van der Waals surface area contributed by atoms with E-state index in [0.29, 0.717) is 11.4 Å². The molecule has 3 rings (SSSR count). The highest BCUT2D eigenvalue weighted by molar-refractivity contribution is 5.75. The zero-order valence-corrected chi connectivity index (χ0v) is 11.0. The summed E-state index contributed by atoms with van der Waals surface area (Å²) < 4.78 is 7.34. The van der Waals surface area contributed by atoms with Crippen molar-refractivity contribution in [2.45, 2.75) is 12.5 Å². The molecule has 0 bridgehead atoms. The highest BCUT2D eigenvalue weighted by atomic mass is 16.5. The number of pyridine rings is 1. The fraction of sp³-hybridized carbons (Fsp3) is 0.462. The van der Waals surface area contributed by atoms with Gasteiger partial charge in [0.05, 0.1) is 0 Å². The molecule has 0 amide bonds. The van der Waals surface area contributed by atoms with Crippen LogP contribution in [0.5, 0.6) is 5.75 Å². The first-order valence-electron chi connectivity index (χ1n) is 6.30. The predicted octanol–water partition coefficient (Wildman–Crippen LogP) is 0.411. The largest absolute Gasteiger partial charge is 0.483 e. The second-order valence-electron chi connectivity index (χ2n) is 4.97. The third kappa shape index (κ3) is 2.19. The molecule has 0 spiro atoms. The lowest BCUT2D eigenvalue weighted by molar-refractivity contribution is 0.205. The monoisotopic (exact) mass is 260 g/mol. The lowest BCUT2D eigenvalue weighted by Gasteiger charge is -2.14. The first kappa shape index (κ1) is 12.1. The molecule has 0 radical (unpaired) electrons. The van der Waals surface area contributed by atoms with Gasteiger partial charge in [-0.25, -0.2) is 9.97 Å². The topological polar surface area (TPSA) is 60.2 Å². The molecule has 0 N–H and O–H groups in total. The Morgan fingerprint density at radius 3 is 3.00 bits per heavy atom. The number of ether oxygens (including phenoxy) is 1. The highest BCUT2D eigenvalue weighted by Gasteiger charge is 2.22. The van der Waals surface area contributed by atoms with E-state index in [1.54, 1.807) is 19.3 Å². The smallest absolute Gasteiger partial charge is 0.294 e. The fourth-order valence-corrected chi connectivity index (χ4v) is 2.44. The van der Waals surface area contributed by atoms with Gasteiger partial charge in [-0.3, -0.25) is 9.36 Å². The van der Waals surface area contributed by atoms with Crippen LogP contribution in [0, 0.1) is 0 Å². The molecule has 100 valence electrons. The Balaban J connectivity index is 1.99. The van der Waals surface area contributed by atoms with Gasteiger partial charge >= 0.3 is 0 Å². The highest BCUT2D eigenvalue weighted by Crippen LogP contribution is 2.17. The SMILES string of the molecule is CN1CCC(Oc2cc3cncnc3n(C)c2=O)C1. The van der Waals surface area contributed by atoms with Crippen LogP contribution in [-0.2, 0) is 7.05 Å². The Morgan fingerprint density at radius 1 is 1.42 bits per heavy atom. The average molecular weight is 260 g/mol. The van der Waals surface area contributed by atoms with Crippen molar-refractivity contribution in [2.24, 2.45) is 7.05 Å². The molecule has 19 heavy (non-hydrogen) atoms. The van der Waals surface area contributed by atoms with Gasteiger partial charge in [0.15, 0.2) is 5.75 Å². The van der Waals surface area contributed by atoms with Gasteiger partial charge in [-0.2, -0.15) is 0 Å². The zero-order valence-electron chi connectivity index (χ0n) is 11.0. The van der Waals surface area contributed by atoms with E-state index in [-0.39, 0.29) is 11.7 Å². The van der Waals surface area contributed by atoms with Crippen LogP contribution in [-0.4, -0.2) is 45.7 Å². The van der Waals surface area contributed by atoms with Gasteiger partial charge < -0.3 is 9.64 Å². The number of fused-ring (bicyclic) bond motifs is 1. The maximum absolute atomic E-state index is 12.2. The van der Waals surface area contributed by atoms with E-state index in [1.165, 1.54) is 10.9 Å². The molecular formula is C13H16N4O2. The second-order valence-corrected chi connectivity index (χ2v) is 4.97. The molecular weight excluding hydrogens is 244 g/mol. The molecule has 0 aromatic carbocycles. The summed E-state index contributed by atoms with van der Waals surface area (Å²) >= 11 is 0. The van der Waals surface area contributed by atoms with Crippen molar-refractivity contribution in [3.8, 4) is 5.75 Å². The van der Waals surface area contributed by atoms with Crippen LogP contribution < -0.4 is 10.3 Å². The second kappa shape index (κ2) is 4.62. The molecule has 0 saturated carbocycles. The normalized spacial score (nSPS) is 20.0. The van der Waals surface area contributed by atoms with Crippen LogP contribution in [0.2, 0.25) is 0 Å². The van der Waals surface area contributed by atoms with Gasteiger partial charge in [0.25, 0.3) is 5.56 Å². The Morgan fingerprint density at radius 2 is 2.26 bits per heavy atom. The lowest BCUT2D eigenvalue weighted by atomic mass is 10.3. The number of nitrogens with zero attached hydrogens (tertiary/aromatic N) is 4. The Kier molecular flexibility index (Phi) is 2.94. The maximum Gasteiger partial charge on any atom is 0.294 e. The van der Waals surface area contributed by atoms with E-state index in [2.05, 4.69) is 21.9 Å².